The number of Topliss-reactive ketones (excluding diaryl/α,β-unsaturated/α-hetero) is 1. The summed E-state index contributed by atoms with van der Waals surface area (Å²) >= 11 is 0. The largest absolute Gasteiger partial charge is 0.504 e. The summed E-state index contributed by atoms with van der Waals surface area (Å²) < 4.78 is 10.7. The summed E-state index contributed by atoms with van der Waals surface area (Å²) in [5, 5.41) is 20.6. The van der Waals surface area contributed by atoms with Gasteiger partial charge in [0.15, 0.2) is 23.0 Å². The Morgan fingerprint density at radius 1 is 1.21 bits per heavy atom. The predicted octanol–water partition coefficient (Wildman–Crippen LogP) is 4.15. The molecule has 1 aliphatic rings. The van der Waals surface area contributed by atoms with Crippen molar-refractivity contribution in [2.45, 2.75) is 39.2 Å². The number of ketones is 1. The molecule has 1 aromatic heterocycles. The van der Waals surface area contributed by atoms with Gasteiger partial charge in [-0.2, -0.15) is 0 Å². The predicted molar refractivity (Wildman–Crippen MR) is 106 cm³/mol. The molecule has 0 spiro atoms. The van der Waals surface area contributed by atoms with Crippen LogP contribution in [0.5, 0.6) is 11.5 Å². The second-order valence-corrected chi connectivity index (χ2v) is 6.84. The zero-order valence-electron chi connectivity index (χ0n) is 16.6. The van der Waals surface area contributed by atoms with Gasteiger partial charge in [-0.3, -0.25) is 9.59 Å². The maximum absolute atomic E-state index is 13.0. The van der Waals surface area contributed by atoms with Crippen LogP contribution >= 0.6 is 0 Å². The van der Waals surface area contributed by atoms with Crippen LogP contribution in [0.1, 0.15) is 55.3 Å². The lowest BCUT2D eigenvalue weighted by atomic mass is 9.94. The van der Waals surface area contributed by atoms with Gasteiger partial charge in [0, 0.05) is 6.54 Å². The van der Waals surface area contributed by atoms with Gasteiger partial charge in [0.1, 0.15) is 0 Å². The minimum Gasteiger partial charge on any atom is -0.504 e. The van der Waals surface area contributed by atoms with Crippen LogP contribution in [-0.2, 0) is 4.79 Å². The van der Waals surface area contributed by atoms with Crippen LogP contribution in [0.15, 0.2) is 52.3 Å². The summed E-state index contributed by atoms with van der Waals surface area (Å²) in [4.78, 5) is 27.3. The van der Waals surface area contributed by atoms with E-state index in [1.165, 1.54) is 23.3 Å². The molecule has 2 N–H and O–H groups in total. The maximum Gasteiger partial charge on any atom is 0.290 e. The molecule has 0 radical (unpaired) electrons. The average Bonchev–Trinajstić information content (AvgIpc) is 3.33. The first kappa shape index (κ1) is 20.5. The molecule has 2 heterocycles. The van der Waals surface area contributed by atoms with Gasteiger partial charge in [-0.1, -0.05) is 25.8 Å². The van der Waals surface area contributed by atoms with Crippen molar-refractivity contribution in [1.82, 2.24) is 4.90 Å². The molecule has 7 nitrogen and oxygen atoms in total. The Hall–Kier alpha value is -3.22. The second kappa shape index (κ2) is 8.86. The zero-order chi connectivity index (χ0) is 21.0. The number of unbranched alkanes of at least 4 members (excludes halogenated alkanes) is 2. The number of furan rings is 1. The molecule has 1 aliphatic heterocycles. The number of phenols is 1. The molecule has 3 rings (SSSR count). The third-order valence-electron chi connectivity index (χ3n) is 4.90. The first-order valence-corrected chi connectivity index (χ1v) is 9.77. The number of benzene rings is 1. The minimum absolute atomic E-state index is 0.0328. The van der Waals surface area contributed by atoms with Crippen molar-refractivity contribution in [2.24, 2.45) is 0 Å². The Kier molecular flexibility index (Phi) is 6.26. The fraction of sp³-hybridized carbons (Fsp3) is 0.364. The van der Waals surface area contributed by atoms with Crippen LogP contribution in [-0.4, -0.2) is 40.0 Å². The van der Waals surface area contributed by atoms with Crippen LogP contribution in [0.25, 0.3) is 0 Å². The second-order valence-electron chi connectivity index (χ2n) is 6.84. The normalized spacial score (nSPS) is 16.6. The van der Waals surface area contributed by atoms with Gasteiger partial charge in [0.05, 0.1) is 24.5 Å². The summed E-state index contributed by atoms with van der Waals surface area (Å²) in [5.41, 5.74) is 0.532. The Balaban J connectivity index is 2.06. The van der Waals surface area contributed by atoms with E-state index >= 15 is 0 Å². The van der Waals surface area contributed by atoms with Gasteiger partial charge in [-0.25, -0.2) is 0 Å². The van der Waals surface area contributed by atoms with Crippen molar-refractivity contribution >= 4 is 11.7 Å². The molecule has 0 aliphatic carbocycles. The number of hydrogen-bond donors (Lipinski definition) is 2. The van der Waals surface area contributed by atoms with Crippen molar-refractivity contribution in [3.63, 3.8) is 0 Å². The average molecular weight is 399 g/mol. The van der Waals surface area contributed by atoms with E-state index in [1.807, 2.05) is 0 Å². The quantitative estimate of drug-likeness (QED) is 0.485. The number of aliphatic hydroxyl groups excluding tert-OH is 1. The monoisotopic (exact) mass is 399 g/mol. The fourth-order valence-corrected chi connectivity index (χ4v) is 3.51. The first-order chi connectivity index (χ1) is 14.0. The Morgan fingerprint density at radius 2 is 2.00 bits per heavy atom. The van der Waals surface area contributed by atoms with Crippen LogP contribution < -0.4 is 4.74 Å². The molecule has 0 saturated carbocycles. The molecular formula is C22H25NO6. The number of ether oxygens (including phenoxy) is 1. The molecule has 2 aromatic rings. The van der Waals surface area contributed by atoms with Crippen molar-refractivity contribution in [3.05, 3.63) is 59.3 Å². The lowest BCUT2D eigenvalue weighted by Gasteiger charge is -2.27. The zero-order valence-corrected chi connectivity index (χ0v) is 16.6. The highest BCUT2D eigenvalue weighted by molar-refractivity contribution is 6.15. The number of rotatable bonds is 9. The van der Waals surface area contributed by atoms with Crippen molar-refractivity contribution in [3.8, 4) is 11.5 Å². The summed E-state index contributed by atoms with van der Waals surface area (Å²) in [6.45, 7) is 4.58. The van der Waals surface area contributed by atoms with E-state index in [4.69, 9.17) is 9.15 Å². The molecule has 1 atom stereocenters. The molecule has 1 amide bonds. The number of hydrogen-bond acceptors (Lipinski definition) is 6. The van der Waals surface area contributed by atoms with Crippen LogP contribution in [0.2, 0.25) is 0 Å². The number of carbonyl (C=O) groups excluding carboxylic acids is 2. The molecule has 29 heavy (non-hydrogen) atoms. The molecule has 154 valence electrons. The minimum atomic E-state index is -0.795. The molecule has 1 unspecified atom stereocenters. The van der Waals surface area contributed by atoms with Crippen LogP contribution in [0.3, 0.4) is 0 Å². The van der Waals surface area contributed by atoms with Gasteiger partial charge in [0.2, 0.25) is 5.78 Å². The van der Waals surface area contributed by atoms with E-state index in [9.17, 15) is 19.8 Å². The smallest absolute Gasteiger partial charge is 0.290 e. The highest BCUT2D eigenvalue weighted by Gasteiger charge is 2.44. The standard InChI is InChI=1S/C22H25NO6/c1-3-5-6-11-23-19(14-9-10-15(24)17(13-14)28-4-2)18(21(26)22(23)27)20(25)16-8-7-12-29-16/h7-10,12-13,19,24,26H,3-6,11H2,1-2H3. The molecule has 1 aromatic carbocycles. The van der Waals surface area contributed by atoms with E-state index in [1.54, 1.807) is 25.1 Å². The molecule has 0 fully saturated rings. The number of amides is 1. The van der Waals surface area contributed by atoms with Crippen LogP contribution in [0.4, 0.5) is 0 Å². The fourth-order valence-electron chi connectivity index (χ4n) is 3.51. The van der Waals surface area contributed by atoms with Crippen molar-refractivity contribution in [2.75, 3.05) is 13.2 Å². The number of aliphatic hydroxyl groups is 1. The Morgan fingerprint density at radius 3 is 2.66 bits per heavy atom. The number of aromatic hydroxyl groups is 1. The Labute approximate surface area is 169 Å². The molecule has 0 saturated heterocycles. The lowest BCUT2D eigenvalue weighted by Crippen LogP contribution is -2.32. The Bertz CT molecular complexity index is 915. The molecular weight excluding hydrogens is 374 g/mol. The van der Waals surface area contributed by atoms with E-state index < -0.39 is 23.5 Å². The third-order valence-corrected chi connectivity index (χ3v) is 4.90. The summed E-state index contributed by atoms with van der Waals surface area (Å²) in [6.07, 6.45) is 3.99. The van der Waals surface area contributed by atoms with Crippen LogP contribution in [0, 0.1) is 0 Å². The molecule has 0 bridgehead atoms. The van der Waals surface area contributed by atoms with E-state index in [-0.39, 0.29) is 22.8 Å². The third kappa shape index (κ3) is 3.99. The van der Waals surface area contributed by atoms with E-state index in [0.717, 1.165) is 19.3 Å². The maximum atomic E-state index is 13.0. The van der Waals surface area contributed by atoms with Gasteiger partial charge in [0.25, 0.3) is 5.91 Å². The highest BCUT2D eigenvalue weighted by atomic mass is 16.5. The molecule has 7 heteroatoms. The van der Waals surface area contributed by atoms with E-state index in [0.29, 0.717) is 18.7 Å². The summed E-state index contributed by atoms with van der Waals surface area (Å²) in [6, 6.07) is 6.94. The summed E-state index contributed by atoms with van der Waals surface area (Å²) in [7, 11) is 0. The number of carbonyl (C=O) groups is 2. The van der Waals surface area contributed by atoms with Gasteiger partial charge in [-0.15, -0.1) is 0 Å². The van der Waals surface area contributed by atoms with Gasteiger partial charge < -0.3 is 24.3 Å². The number of phenolic OH excluding ortho intramolecular Hbond substituents is 1. The first-order valence-electron chi connectivity index (χ1n) is 9.77. The van der Waals surface area contributed by atoms with E-state index in [2.05, 4.69) is 6.92 Å². The summed E-state index contributed by atoms with van der Waals surface area (Å²) in [5.74, 6) is -1.45. The lowest BCUT2D eigenvalue weighted by molar-refractivity contribution is -0.129. The topological polar surface area (TPSA) is 100 Å². The SMILES string of the molecule is CCCCCN1C(=O)C(O)=C(C(=O)c2ccco2)C1c1ccc(O)c(OCC)c1. The van der Waals surface area contributed by atoms with Crippen molar-refractivity contribution < 1.29 is 29.0 Å². The van der Waals surface area contributed by atoms with Gasteiger partial charge in [-0.05, 0) is 43.2 Å². The number of nitrogens with zero attached hydrogens (tertiary/aromatic N) is 1. The highest BCUT2D eigenvalue weighted by Crippen LogP contribution is 2.41. The van der Waals surface area contributed by atoms with Gasteiger partial charge >= 0.3 is 0 Å². The van der Waals surface area contributed by atoms with Crippen molar-refractivity contribution in [1.29, 1.82) is 0 Å².